The third kappa shape index (κ3) is 9.09. The van der Waals surface area contributed by atoms with Crippen molar-refractivity contribution >= 4 is 34.8 Å². The van der Waals surface area contributed by atoms with Crippen LogP contribution in [-0.2, 0) is 16.6 Å². The first-order valence-electron chi connectivity index (χ1n) is 14.3. The van der Waals surface area contributed by atoms with Gasteiger partial charge in [0.05, 0.1) is 10.7 Å². The van der Waals surface area contributed by atoms with Gasteiger partial charge in [-0.1, -0.05) is 120 Å². The average molecular weight is 565 g/mol. The van der Waals surface area contributed by atoms with Crippen LogP contribution in [-0.4, -0.2) is 17.1 Å². The van der Waals surface area contributed by atoms with E-state index >= 15 is 0 Å². The van der Waals surface area contributed by atoms with Crippen LogP contribution in [0.3, 0.4) is 0 Å². The maximum Gasteiger partial charge on any atom is 0.265 e. The van der Waals surface area contributed by atoms with E-state index in [1.165, 1.54) is 32.1 Å². The van der Waals surface area contributed by atoms with E-state index < -0.39 is 6.10 Å². The molecule has 0 saturated heterocycles. The summed E-state index contributed by atoms with van der Waals surface area (Å²) in [5.41, 5.74) is 3.00. The van der Waals surface area contributed by atoms with E-state index in [9.17, 15) is 9.90 Å². The number of hydrogen-bond acceptors (Lipinski definition) is 3. The van der Waals surface area contributed by atoms with Crippen LogP contribution >= 0.6 is 23.2 Å². The average Bonchev–Trinajstić information content (AvgIpc) is 2.88. The predicted molar refractivity (Wildman–Crippen MR) is 162 cm³/mol. The molecule has 2 aromatic carbocycles. The monoisotopic (exact) mass is 563 g/mol. The van der Waals surface area contributed by atoms with Gasteiger partial charge in [-0.15, -0.1) is 0 Å². The number of rotatable bonds is 16. The van der Waals surface area contributed by atoms with E-state index in [4.69, 9.17) is 27.9 Å². The van der Waals surface area contributed by atoms with Crippen molar-refractivity contribution in [2.75, 3.05) is 5.32 Å². The van der Waals surface area contributed by atoms with Crippen LogP contribution in [0.1, 0.15) is 116 Å². The highest BCUT2D eigenvalue weighted by Crippen LogP contribution is 2.40. The molecule has 2 N–H and O–H groups in total. The Labute approximate surface area is 240 Å². The van der Waals surface area contributed by atoms with Crippen LogP contribution in [0.15, 0.2) is 24.3 Å². The Kier molecular flexibility index (Phi) is 13.3. The quantitative estimate of drug-likeness (QED) is 0.158. The number of phenolic OH excluding ortho intramolecular Hbond substituents is 1. The zero-order valence-electron chi connectivity index (χ0n) is 24.2. The molecule has 0 saturated carbocycles. The number of carbonyl (C=O) groups is 1. The topological polar surface area (TPSA) is 58.6 Å². The van der Waals surface area contributed by atoms with Gasteiger partial charge in [-0.25, -0.2) is 0 Å². The molecule has 2 aromatic rings. The zero-order valence-corrected chi connectivity index (χ0v) is 25.7. The van der Waals surface area contributed by atoms with Crippen molar-refractivity contribution < 1.29 is 14.6 Å². The van der Waals surface area contributed by atoms with Crippen molar-refractivity contribution in [3.05, 3.63) is 51.0 Å². The van der Waals surface area contributed by atoms with Crippen LogP contribution in [0.4, 0.5) is 5.69 Å². The number of aromatic hydroxyl groups is 1. The fraction of sp³-hybridized carbons (Fsp3) is 0.594. The second-order valence-electron chi connectivity index (χ2n) is 11.0. The molecule has 1 unspecified atom stereocenters. The molecule has 0 bridgehead atoms. The minimum atomic E-state index is -0.716. The Bertz CT molecular complexity index is 1050. The number of carbonyl (C=O) groups excluding carboxylic acids is 1. The van der Waals surface area contributed by atoms with Crippen LogP contribution in [0, 0.1) is 6.92 Å². The van der Waals surface area contributed by atoms with Gasteiger partial charge in [0.2, 0.25) is 0 Å². The van der Waals surface area contributed by atoms with E-state index in [1.54, 1.807) is 6.07 Å². The molecule has 0 spiro atoms. The van der Waals surface area contributed by atoms with Gasteiger partial charge in [0.25, 0.3) is 5.91 Å². The van der Waals surface area contributed by atoms with Gasteiger partial charge in [0, 0.05) is 10.6 Å². The van der Waals surface area contributed by atoms with Crippen LogP contribution in [0.5, 0.6) is 11.5 Å². The fourth-order valence-corrected chi connectivity index (χ4v) is 5.33. The van der Waals surface area contributed by atoms with E-state index in [0.717, 1.165) is 42.6 Å². The SMILES string of the molecule is CCCCCCCCCCC(Oc1ccc(C)cc1C(C)(C)CC)C(=O)Nc1cc(Cl)c(CC)c(Cl)c1O. The molecule has 0 heterocycles. The lowest BCUT2D eigenvalue weighted by molar-refractivity contribution is -0.123. The lowest BCUT2D eigenvalue weighted by atomic mass is 9.81. The summed E-state index contributed by atoms with van der Waals surface area (Å²) in [6.45, 7) is 12.8. The first-order chi connectivity index (χ1) is 18.0. The summed E-state index contributed by atoms with van der Waals surface area (Å²) >= 11 is 12.7. The molecule has 38 heavy (non-hydrogen) atoms. The van der Waals surface area contributed by atoms with Crippen molar-refractivity contribution in [2.45, 2.75) is 124 Å². The molecular formula is C32H47Cl2NO3. The minimum absolute atomic E-state index is 0.101. The number of unbranched alkanes of at least 4 members (excludes halogenated alkanes) is 7. The number of anilines is 1. The number of phenols is 1. The summed E-state index contributed by atoms with van der Waals surface area (Å²) in [5.74, 6) is 0.236. The summed E-state index contributed by atoms with van der Waals surface area (Å²) in [5, 5.41) is 14.1. The maximum atomic E-state index is 13.5. The number of hydrogen-bond donors (Lipinski definition) is 2. The Morgan fingerprint density at radius 3 is 2.24 bits per heavy atom. The normalized spacial score (nSPS) is 12.4. The second kappa shape index (κ2) is 15.6. The molecular weight excluding hydrogens is 517 g/mol. The molecule has 2 rings (SSSR count). The first kappa shape index (κ1) is 32.3. The first-order valence-corrected chi connectivity index (χ1v) is 15.1. The number of benzene rings is 2. The molecule has 0 aliphatic rings. The van der Waals surface area contributed by atoms with Crippen LogP contribution in [0.25, 0.3) is 0 Å². The summed E-state index contributed by atoms with van der Waals surface area (Å²) in [7, 11) is 0. The standard InChI is InChI=1S/C32H47Cl2NO3/c1-7-10-11-12-13-14-15-16-17-28(38-27-19-18-22(4)20-24(27)32(5,6)9-3)31(37)35-26-21-25(33)23(8-2)29(34)30(26)36/h18-21,28,36H,7-17H2,1-6H3,(H,35,37). The zero-order chi connectivity index (χ0) is 28.3. The summed E-state index contributed by atoms with van der Waals surface area (Å²) in [4.78, 5) is 13.5. The van der Waals surface area contributed by atoms with Gasteiger partial charge in [-0.05, 0) is 55.7 Å². The molecule has 0 aliphatic heterocycles. The summed E-state index contributed by atoms with van der Waals surface area (Å²) in [6, 6.07) is 7.70. The lowest BCUT2D eigenvalue weighted by Crippen LogP contribution is -2.34. The van der Waals surface area contributed by atoms with E-state index in [1.807, 2.05) is 19.1 Å². The number of ether oxygens (including phenoxy) is 1. The highest BCUT2D eigenvalue weighted by molar-refractivity contribution is 6.37. The minimum Gasteiger partial charge on any atom is -0.504 e. The maximum absolute atomic E-state index is 13.5. The van der Waals surface area contributed by atoms with E-state index in [-0.39, 0.29) is 27.8 Å². The predicted octanol–water partition coefficient (Wildman–Crippen LogP) is 10.2. The van der Waals surface area contributed by atoms with E-state index in [2.05, 4.69) is 46.0 Å². The van der Waals surface area contributed by atoms with Crippen molar-refractivity contribution in [1.82, 2.24) is 0 Å². The molecule has 0 aliphatic carbocycles. The van der Waals surface area contributed by atoms with Gasteiger partial charge in [0.15, 0.2) is 11.9 Å². The Hall–Kier alpha value is -1.91. The van der Waals surface area contributed by atoms with Gasteiger partial charge >= 0.3 is 0 Å². The molecule has 0 radical (unpaired) electrons. The Balaban J connectivity index is 2.25. The van der Waals surface area contributed by atoms with E-state index in [0.29, 0.717) is 23.4 Å². The third-order valence-corrected chi connectivity index (χ3v) is 8.27. The number of halogens is 2. The smallest absolute Gasteiger partial charge is 0.265 e. The second-order valence-corrected chi connectivity index (χ2v) is 11.8. The van der Waals surface area contributed by atoms with Crippen molar-refractivity contribution in [3.8, 4) is 11.5 Å². The molecule has 1 atom stereocenters. The Morgan fingerprint density at radius 2 is 1.63 bits per heavy atom. The van der Waals surface area contributed by atoms with Crippen molar-refractivity contribution in [3.63, 3.8) is 0 Å². The van der Waals surface area contributed by atoms with Gasteiger partial charge < -0.3 is 15.2 Å². The largest absolute Gasteiger partial charge is 0.504 e. The summed E-state index contributed by atoms with van der Waals surface area (Å²) in [6.07, 6.45) is 10.8. The highest BCUT2D eigenvalue weighted by atomic mass is 35.5. The Morgan fingerprint density at radius 1 is 1.00 bits per heavy atom. The van der Waals surface area contributed by atoms with Crippen molar-refractivity contribution in [1.29, 1.82) is 0 Å². The lowest BCUT2D eigenvalue weighted by Gasteiger charge is -2.28. The molecule has 0 aromatic heterocycles. The molecule has 4 nitrogen and oxygen atoms in total. The number of amides is 1. The molecule has 212 valence electrons. The van der Waals surface area contributed by atoms with Crippen molar-refractivity contribution in [2.24, 2.45) is 0 Å². The van der Waals surface area contributed by atoms with Crippen LogP contribution < -0.4 is 10.1 Å². The number of aryl methyl sites for hydroxylation is 1. The third-order valence-electron chi connectivity index (χ3n) is 7.53. The van der Waals surface area contributed by atoms with Gasteiger partial charge in [-0.2, -0.15) is 0 Å². The van der Waals surface area contributed by atoms with Crippen LogP contribution in [0.2, 0.25) is 10.0 Å². The molecule has 0 fully saturated rings. The summed E-state index contributed by atoms with van der Waals surface area (Å²) < 4.78 is 6.47. The molecule has 1 amide bonds. The highest BCUT2D eigenvalue weighted by Gasteiger charge is 2.28. The number of nitrogens with one attached hydrogen (secondary N) is 1. The molecule has 6 heteroatoms. The van der Waals surface area contributed by atoms with Gasteiger partial charge in [-0.3, -0.25) is 4.79 Å². The fourth-order valence-electron chi connectivity index (χ4n) is 4.61. The van der Waals surface area contributed by atoms with Gasteiger partial charge in [0.1, 0.15) is 5.75 Å².